The van der Waals surface area contributed by atoms with Gasteiger partial charge in [-0.2, -0.15) is 0 Å². The molecular weight excluding hydrogens is 146 g/mol. The van der Waals surface area contributed by atoms with Crippen LogP contribution in [-0.4, -0.2) is 12.1 Å². The van der Waals surface area contributed by atoms with Crippen molar-refractivity contribution in [1.82, 2.24) is 4.98 Å². The smallest absolute Gasteiger partial charge is 0.0971 e. The van der Waals surface area contributed by atoms with Crippen LogP contribution in [0.2, 0.25) is 0 Å². The molecular formula is C7H11NOS. The molecule has 0 aliphatic rings. The predicted molar refractivity (Wildman–Crippen MR) is 42.3 cm³/mol. The number of thiazole rings is 1. The van der Waals surface area contributed by atoms with Gasteiger partial charge in [0, 0.05) is 12.5 Å². The van der Waals surface area contributed by atoms with E-state index < -0.39 is 0 Å². The third kappa shape index (κ3) is 1.55. The van der Waals surface area contributed by atoms with E-state index in [1.807, 2.05) is 19.2 Å². The number of rotatable bonds is 2. The number of aryl methyl sites for hydroxylation is 1. The molecule has 0 saturated carbocycles. The molecule has 56 valence electrons. The van der Waals surface area contributed by atoms with Crippen molar-refractivity contribution in [1.29, 1.82) is 0 Å². The van der Waals surface area contributed by atoms with Crippen LogP contribution in [0.1, 0.15) is 23.7 Å². The van der Waals surface area contributed by atoms with E-state index in [-0.39, 0.29) is 6.10 Å². The molecule has 1 atom stereocenters. The molecule has 2 nitrogen and oxygen atoms in total. The molecule has 10 heavy (non-hydrogen) atoms. The van der Waals surface area contributed by atoms with E-state index in [9.17, 15) is 0 Å². The molecule has 0 aliphatic heterocycles. The summed E-state index contributed by atoms with van der Waals surface area (Å²) in [5.41, 5.74) is 1.03. The Morgan fingerprint density at radius 1 is 1.70 bits per heavy atom. The molecule has 0 fully saturated rings. The SMILES string of the molecule is COC(C)c1csc(C)n1. The summed E-state index contributed by atoms with van der Waals surface area (Å²) >= 11 is 1.66. The Balaban J connectivity index is 2.74. The monoisotopic (exact) mass is 157 g/mol. The maximum Gasteiger partial charge on any atom is 0.0971 e. The molecule has 0 aromatic carbocycles. The second-order valence-electron chi connectivity index (χ2n) is 2.17. The zero-order valence-electron chi connectivity index (χ0n) is 6.42. The summed E-state index contributed by atoms with van der Waals surface area (Å²) in [7, 11) is 1.69. The fourth-order valence-electron chi connectivity index (χ4n) is 0.688. The molecule has 1 heterocycles. The Morgan fingerprint density at radius 3 is 2.80 bits per heavy atom. The van der Waals surface area contributed by atoms with Crippen molar-refractivity contribution in [2.75, 3.05) is 7.11 Å². The summed E-state index contributed by atoms with van der Waals surface area (Å²) in [5, 5.41) is 3.13. The third-order valence-corrected chi connectivity index (χ3v) is 2.20. The van der Waals surface area contributed by atoms with Crippen LogP contribution in [0.25, 0.3) is 0 Å². The summed E-state index contributed by atoms with van der Waals surface area (Å²) in [6.07, 6.45) is 0.130. The molecule has 0 aliphatic carbocycles. The molecule has 1 unspecified atom stereocenters. The topological polar surface area (TPSA) is 22.1 Å². The zero-order valence-corrected chi connectivity index (χ0v) is 7.23. The third-order valence-electron chi connectivity index (χ3n) is 1.41. The lowest BCUT2D eigenvalue weighted by Crippen LogP contribution is -1.95. The Kier molecular flexibility index (Phi) is 2.40. The second kappa shape index (κ2) is 3.12. The van der Waals surface area contributed by atoms with Gasteiger partial charge in [-0.3, -0.25) is 0 Å². The maximum atomic E-state index is 5.09. The van der Waals surface area contributed by atoms with Gasteiger partial charge in [0.25, 0.3) is 0 Å². The van der Waals surface area contributed by atoms with Gasteiger partial charge in [0.15, 0.2) is 0 Å². The number of aromatic nitrogens is 1. The van der Waals surface area contributed by atoms with E-state index in [1.54, 1.807) is 18.4 Å². The van der Waals surface area contributed by atoms with Crippen LogP contribution in [0.15, 0.2) is 5.38 Å². The molecule has 0 spiro atoms. The highest BCUT2D eigenvalue weighted by atomic mass is 32.1. The molecule has 0 radical (unpaired) electrons. The highest BCUT2D eigenvalue weighted by Crippen LogP contribution is 2.17. The first-order chi connectivity index (χ1) is 4.74. The van der Waals surface area contributed by atoms with Crippen molar-refractivity contribution in [2.24, 2.45) is 0 Å². The van der Waals surface area contributed by atoms with E-state index in [0.29, 0.717) is 0 Å². The highest BCUT2D eigenvalue weighted by Gasteiger charge is 2.05. The molecule has 0 bridgehead atoms. The number of hydrogen-bond donors (Lipinski definition) is 0. The van der Waals surface area contributed by atoms with Crippen LogP contribution in [0, 0.1) is 6.92 Å². The molecule has 1 aromatic heterocycles. The number of ether oxygens (including phenoxy) is 1. The predicted octanol–water partition coefficient (Wildman–Crippen LogP) is 2.16. The van der Waals surface area contributed by atoms with E-state index in [1.165, 1.54) is 0 Å². The van der Waals surface area contributed by atoms with Crippen molar-refractivity contribution in [3.63, 3.8) is 0 Å². The van der Waals surface area contributed by atoms with Crippen molar-refractivity contribution in [3.8, 4) is 0 Å². The highest BCUT2D eigenvalue weighted by molar-refractivity contribution is 7.09. The Hall–Kier alpha value is -0.410. The number of methoxy groups -OCH3 is 1. The van der Waals surface area contributed by atoms with Crippen LogP contribution in [0.4, 0.5) is 0 Å². The minimum Gasteiger partial charge on any atom is -0.375 e. The van der Waals surface area contributed by atoms with Crippen molar-refractivity contribution in [2.45, 2.75) is 20.0 Å². The van der Waals surface area contributed by atoms with Crippen molar-refractivity contribution in [3.05, 3.63) is 16.1 Å². The van der Waals surface area contributed by atoms with Gasteiger partial charge in [0.1, 0.15) is 0 Å². The van der Waals surface area contributed by atoms with E-state index in [4.69, 9.17) is 4.74 Å². The van der Waals surface area contributed by atoms with Crippen LogP contribution < -0.4 is 0 Å². The standard InChI is InChI=1S/C7H11NOS/c1-5(9-3)7-4-10-6(2)8-7/h4-5H,1-3H3. The average molecular weight is 157 g/mol. The summed E-state index contributed by atoms with van der Waals surface area (Å²) in [5.74, 6) is 0. The summed E-state index contributed by atoms with van der Waals surface area (Å²) in [4.78, 5) is 4.27. The molecule has 0 N–H and O–H groups in total. The first kappa shape index (κ1) is 7.69. The van der Waals surface area contributed by atoms with Gasteiger partial charge in [0.05, 0.1) is 16.8 Å². The van der Waals surface area contributed by atoms with Crippen LogP contribution in [0.5, 0.6) is 0 Å². The molecule has 0 saturated heterocycles. The van der Waals surface area contributed by atoms with E-state index in [2.05, 4.69) is 4.98 Å². The van der Waals surface area contributed by atoms with Gasteiger partial charge in [-0.1, -0.05) is 0 Å². The van der Waals surface area contributed by atoms with Crippen molar-refractivity contribution < 1.29 is 4.74 Å². The zero-order chi connectivity index (χ0) is 7.56. The number of hydrogen-bond acceptors (Lipinski definition) is 3. The minimum absolute atomic E-state index is 0.130. The van der Waals surface area contributed by atoms with E-state index >= 15 is 0 Å². The normalized spacial score (nSPS) is 13.5. The first-order valence-corrected chi connectivity index (χ1v) is 4.07. The fraction of sp³-hybridized carbons (Fsp3) is 0.571. The summed E-state index contributed by atoms with van der Waals surface area (Å²) < 4.78 is 5.09. The van der Waals surface area contributed by atoms with Gasteiger partial charge in [-0.05, 0) is 13.8 Å². The molecule has 1 rings (SSSR count). The quantitative estimate of drug-likeness (QED) is 0.656. The Morgan fingerprint density at radius 2 is 2.40 bits per heavy atom. The van der Waals surface area contributed by atoms with Gasteiger partial charge >= 0.3 is 0 Å². The lowest BCUT2D eigenvalue weighted by atomic mass is 10.3. The van der Waals surface area contributed by atoms with Gasteiger partial charge in [0.2, 0.25) is 0 Å². The second-order valence-corrected chi connectivity index (χ2v) is 3.23. The van der Waals surface area contributed by atoms with Crippen molar-refractivity contribution >= 4 is 11.3 Å². The fourth-order valence-corrected chi connectivity index (χ4v) is 1.38. The molecule has 3 heteroatoms. The Bertz CT molecular complexity index is 209. The summed E-state index contributed by atoms with van der Waals surface area (Å²) in [6, 6.07) is 0. The first-order valence-electron chi connectivity index (χ1n) is 3.19. The minimum atomic E-state index is 0.130. The largest absolute Gasteiger partial charge is 0.375 e. The van der Waals surface area contributed by atoms with Crippen LogP contribution in [0.3, 0.4) is 0 Å². The lowest BCUT2D eigenvalue weighted by molar-refractivity contribution is 0.116. The van der Waals surface area contributed by atoms with Crippen LogP contribution >= 0.6 is 11.3 Å². The summed E-state index contributed by atoms with van der Waals surface area (Å²) in [6.45, 7) is 3.99. The van der Waals surface area contributed by atoms with Gasteiger partial charge in [-0.25, -0.2) is 4.98 Å². The maximum absolute atomic E-state index is 5.09. The van der Waals surface area contributed by atoms with Crippen LogP contribution in [-0.2, 0) is 4.74 Å². The lowest BCUT2D eigenvalue weighted by Gasteiger charge is -2.03. The van der Waals surface area contributed by atoms with Gasteiger partial charge in [-0.15, -0.1) is 11.3 Å². The van der Waals surface area contributed by atoms with Gasteiger partial charge < -0.3 is 4.74 Å². The molecule has 1 aromatic rings. The van der Waals surface area contributed by atoms with E-state index in [0.717, 1.165) is 10.7 Å². The number of nitrogens with zero attached hydrogens (tertiary/aromatic N) is 1. The Labute approximate surface area is 64.9 Å². The average Bonchev–Trinajstić information content (AvgIpc) is 2.34. The molecule has 0 amide bonds.